The van der Waals surface area contributed by atoms with Crippen molar-refractivity contribution in [2.75, 3.05) is 27.3 Å². The summed E-state index contributed by atoms with van der Waals surface area (Å²) in [7, 11) is 3.20. The van der Waals surface area contributed by atoms with Gasteiger partial charge in [0, 0.05) is 24.7 Å². The van der Waals surface area contributed by atoms with E-state index < -0.39 is 0 Å². The van der Waals surface area contributed by atoms with Crippen molar-refractivity contribution in [3.63, 3.8) is 0 Å². The summed E-state index contributed by atoms with van der Waals surface area (Å²) in [4.78, 5) is 20.1. The molecule has 0 radical (unpaired) electrons. The summed E-state index contributed by atoms with van der Waals surface area (Å²) in [6.45, 7) is 3.15. The highest BCUT2D eigenvalue weighted by Gasteiger charge is 2.30. The van der Waals surface area contributed by atoms with Crippen molar-refractivity contribution in [2.45, 2.75) is 25.8 Å². The van der Waals surface area contributed by atoms with E-state index in [1.54, 1.807) is 14.2 Å². The Morgan fingerprint density at radius 2 is 2.00 bits per heavy atom. The second-order valence-corrected chi connectivity index (χ2v) is 7.03. The SMILES string of the molecule is COc1ccc(-c2nc(C)c(C(=O)N3CCCC3CN)s2)cc1OC.Cl.Cl. The summed E-state index contributed by atoms with van der Waals surface area (Å²) >= 11 is 1.41. The molecule has 0 bridgehead atoms. The van der Waals surface area contributed by atoms with Crippen molar-refractivity contribution in [2.24, 2.45) is 5.73 Å². The Balaban J connectivity index is 0.00000182. The average molecular weight is 434 g/mol. The number of benzene rings is 1. The van der Waals surface area contributed by atoms with E-state index in [0.717, 1.165) is 35.7 Å². The molecule has 0 spiro atoms. The second kappa shape index (κ2) is 10.1. The van der Waals surface area contributed by atoms with Gasteiger partial charge in [0.15, 0.2) is 11.5 Å². The van der Waals surface area contributed by atoms with E-state index in [9.17, 15) is 4.79 Å². The molecule has 27 heavy (non-hydrogen) atoms. The van der Waals surface area contributed by atoms with Crippen LogP contribution in [0.25, 0.3) is 10.6 Å². The first-order chi connectivity index (χ1) is 12.1. The molecule has 0 aliphatic carbocycles. The highest BCUT2D eigenvalue weighted by molar-refractivity contribution is 7.17. The van der Waals surface area contributed by atoms with Crippen molar-refractivity contribution >= 4 is 42.1 Å². The van der Waals surface area contributed by atoms with E-state index in [0.29, 0.717) is 22.9 Å². The summed E-state index contributed by atoms with van der Waals surface area (Å²) in [5, 5.41) is 0.797. The molecule has 150 valence electrons. The minimum absolute atomic E-state index is 0. The molecule has 0 saturated carbocycles. The number of carbonyl (C=O) groups is 1. The number of hydrogen-bond acceptors (Lipinski definition) is 6. The molecule has 2 heterocycles. The first-order valence-corrected chi connectivity index (χ1v) is 9.11. The van der Waals surface area contributed by atoms with Gasteiger partial charge in [0.05, 0.1) is 19.9 Å². The molecule has 1 aromatic carbocycles. The smallest absolute Gasteiger partial charge is 0.266 e. The van der Waals surface area contributed by atoms with Gasteiger partial charge in [-0.15, -0.1) is 36.2 Å². The normalized spacial score (nSPS) is 15.7. The zero-order valence-corrected chi connectivity index (χ0v) is 18.0. The number of likely N-dealkylation sites (tertiary alicyclic amines) is 1. The zero-order chi connectivity index (χ0) is 18.0. The summed E-state index contributed by atoms with van der Waals surface area (Å²) in [5.41, 5.74) is 7.46. The molecule has 1 aliphatic rings. The quantitative estimate of drug-likeness (QED) is 0.779. The molecule has 1 aliphatic heterocycles. The summed E-state index contributed by atoms with van der Waals surface area (Å²) in [6, 6.07) is 5.78. The van der Waals surface area contributed by atoms with Gasteiger partial charge >= 0.3 is 0 Å². The third-order valence-electron chi connectivity index (χ3n) is 4.53. The van der Waals surface area contributed by atoms with Gasteiger partial charge in [-0.1, -0.05) is 0 Å². The second-order valence-electron chi connectivity index (χ2n) is 6.03. The number of carbonyl (C=O) groups excluding carboxylic acids is 1. The zero-order valence-electron chi connectivity index (χ0n) is 15.6. The third kappa shape index (κ3) is 4.66. The number of hydrogen-bond donors (Lipinski definition) is 1. The van der Waals surface area contributed by atoms with Crippen LogP contribution >= 0.6 is 36.2 Å². The van der Waals surface area contributed by atoms with E-state index in [1.165, 1.54) is 11.3 Å². The van der Waals surface area contributed by atoms with Crippen LogP contribution in [0.1, 0.15) is 28.2 Å². The number of rotatable bonds is 5. The fourth-order valence-electron chi connectivity index (χ4n) is 3.17. The Kier molecular flexibility index (Phi) is 8.81. The maximum Gasteiger partial charge on any atom is 0.266 e. The van der Waals surface area contributed by atoms with Crippen LogP contribution in [0.5, 0.6) is 11.5 Å². The molecule has 1 fully saturated rings. The number of nitrogens with zero attached hydrogens (tertiary/aromatic N) is 2. The van der Waals surface area contributed by atoms with Gasteiger partial charge in [0.2, 0.25) is 0 Å². The van der Waals surface area contributed by atoms with Crippen molar-refractivity contribution in [1.29, 1.82) is 0 Å². The van der Waals surface area contributed by atoms with Gasteiger partial charge in [-0.25, -0.2) is 4.98 Å². The van der Waals surface area contributed by atoms with Gasteiger partial charge in [0.1, 0.15) is 9.88 Å². The van der Waals surface area contributed by atoms with Crippen molar-refractivity contribution in [3.8, 4) is 22.1 Å². The van der Waals surface area contributed by atoms with Crippen molar-refractivity contribution in [3.05, 3.63) is 28.8 Å². The molecule has 6 nitrogen and oxygen atoms in total. The van der Waals surface area contributed by atoms with E-state index >= 15 is 0 Å². The Morgan fingerprint density at radius 1 is 1.30 bits per heavy atom. The standard InChI is InChI=1S/C18H23N3O3S.2ClH/c1-11-16(18(22)21-8-4-5-13(21)10-19)25-17(20-11)12-6-7-14(23-2)15(9-12)24-3;;/h6-7,9,13H,4-5,8,10,19H2,1-3H3;2*1H. The lowest BCUT2D eigenvalue weighted by Gasteiger charge is -2.22. The largest absolute Gasteiger partial charge is 0.493 e. The van der Waals surface area contributed by atoms with Crippen LogP contribution < -0.4 is 15.2 Å². The molecule has 1 unspecified atom stereocenters. The molecule has 1 amide bonds. The molecule has 3 rings (SSSR count). The number of halogens is 2. The molecule has 2 aromatic rings. The van der Waals surface area contributed by atoms with Crippen molar-refractivity contribution in [1.82, 2.24) is 9.88 Å². The van der Waals surface area contributed by atoms with Crippen LogP contribution in [0.4, 0.5) is 0 Å². The topological polar surface area (TPSA) is 77.7 Å². The molecular formula is C18H25Cl2N3O3S. The molecule has 1 saturated heterocycles. The van der Waals surface area contributed by atoms with Crippen LogP contribution in [0.15, 0.2) is 18.2 Å². The van der Waals surface area contributed by atoms with Crippen LogP contribution in [0.2, 0.25) is 0 Å². The summed E-state index contributed by atoms with van der Waals surface area (Å²) in [6.07, 6.45) is 1.98. The number of methoxy groups -OCH3 is 2. The van der Waals surface area contributed by atoms with E-state index in [1.807, 2.05) is 30.0 Å². The third-order valence-corrected chi connectivity index (χ3v) is 5.73. The maximum atomic E-state index is 12.9. The number of aromatic nitrogens is 1. The Morgan fingerprint density at radius 3 is 2.63 bits per heavy atom. The van der Waals surface area contributed by atoms with Crippen LogP contribution in [0.3, 0.4) is 0 Å². The van der Waals surface area contributed by atoms with Crippen molar-refractivity contribution < 1.29 is 14.3 Å². The maximum absolute atomic E-state index is 12.9. The van der Waals surface area contributed by atoms with E-state index in [-0.39, 0.29) is 36.8 Å². The fourth-order valence-corrected chi connectivity index (χ4v) is 4.18. The Bertz CT molecular complexity index is 785. The van der Waals surface area contributed by atoms with Gasteiger partial charge in [0.25, 0.3) is 5.91 Å². The van der Waals surface area contributed by atoms with E-state index in [4.69, 9.17) is 15.2 Å². The average Bonchev–Trinajstić information content (AvgIpc) is 3.26. The number of aryl methyl sites for hydroxylation is 1. The lowest BCUT2D eigenvalue weighted by atomic mass is 10.2. The highest BCUT2D eigenvalue weighted by atomic mass is 35.5. The lowest BCUT2D eigenvalue weighted by molar-refractivity contribution is 0.0745. The van der Waals surface area contributed by atoms with Gasteiger partial charge in [-0.3, -0.25) is 4.79 Å². The van der Waals surface area contributed by atoms with Gasteiger partial charge < -0.3 is 20.1 Å². The monoisotopic (exact) mass is 433 g/mol. The summed E-state index contributed by atoms with van der Waals surface area (Å²) < 4.78 is 10.6. The first kappa shape index (κ1) is 23.5. The number of ether oxygens (including phenoxy) is 2. The van der Waals surface area contributed by atoms with Gasteiger partial charge in [-0.2, -0.15) is 0 Å². The predicted octanol–water partition coefficient (Wildman–Crippen LogP) is 3.54. The minimum Gasteiger partial charge on any atom is -0.493 e. The molecule has 9 heteroatoms. The minimum atomic E-state index is 0. The Hall–Kier alpha value is -1.54. The molecular weight excluding hydrogens is 409 g/mol. The first-order valence-electron chi connectivity index (χ1n) is 8.30. The van der Waals surface area contributed by atoms with Crippen LogP contribution in [-0.4, -0.2) is 49.1 Å². The molecule has 1 aromatic heterocycles. The fraction of sp³-hybridized carbons (Fsp3) is 0.444. The lowest BCUT2D eigenvalue weighted by Crippen LogP contribution is -2.39. The van der Waals surface area contributed by atoms with E-state index in [2.05, 4.69) is 4.98 Å². The Labute approximate surface area is 175 Å². The highest BCUT2D eigenvalue weighted by Crippen LogP contribution is 2.35. The predicted molar refractivity (Wildman–Crippen MR) is 113 cm³/mol. The molecule has 1 atom stereocenters. The molecule has 2 N–H and O–H groups in total. The van der Waals surface area contributed by atoms with Gasteiger partial charge in [-0.05, 0) is 38.0 Å². The van der Waals surface area contributed by atoms with Crippen LogP contribution in [0, 0.1) is 6.92 Å². The number of nitrogens with two attached hydrogens (primary N) is 1. The van der Waals surface area contributed by atoms with Crippen LogP contribution in [-0.2, 0) is 0 Å². The summed E-state index contributed by atoms with van der Waals surface area (Å²) in [5.74, 6) is 1.34. The number of thiazole rings is 1. The number of amides is 1.